The van der Waals surface area contributed by atoms with Crippen LogP contribution in [-0.2, 0) is 11.0 Å². The van der Waals surface area contributed by atoms with Crippen LogP contribution in [0.5, 0.6) is 0 Å². The van der Waals surface area contributed by atoms with Gasteiger partial charge in [0.05, 0.1) is 5.56 Å². The van der Waals surface area contributed by atoms with Crippen molar-refractivity contribution in [3.8, 4) is 0 Å². The first-order chi connectivity index (χ1) is 7.73. The lowest BCUT2D eigenvalue weighted by Gasteiger charge is -2.20. The van der Waals surface area contributed by atoms with Crippen molar-refractivity contribution in [2.75, 3.05) is 14.1 Å². The van der Waals surface area contributed by atoms with Crippen LogP contribution in [0.15, 0.2) is 24.3 Å². The Hall–Kier alpha value is -1.56. The number of halogens is 3. The van der Waals surface area contributed by atoms with Crippen molar-refractivity contribution < 1.29 is 23.1 Å². The fraction of sp³-hybridized carbons (Fsp3) is 0.364. The molecule has 0 radical (unpaired) electrons. The van der Waals surface area contributed by atoms with E-state index in [1.54, 1.807) is 14.1 Å². The second kappa shape index (κ2) is 4.75. The highest BCUT2D eigenvalue weighted by Crippen LogP contribution is 2.30. The van der Waals surface area contributed by atoms with E-state index in [9.17, 15) is 18.0 Å². The van der Waals surface area contributed by atoms with Gasteiger partial charge in [-0.1, -0.05) is 12.1 Å². The Kier molecular flexibility index (Phi) is 3.77. The molecule has 1 aromatic carbocycles. The minimum atomic E-state index is -4.41. The molecule has 1 N–H and O–H groups in total. The van der Waals surface area contributed by atoms with Crippen LogP contribution in [0.25, 0.3) is 0 Å². The average Bonchev–Trinajstić information content (AvgIpc) is 2.15. The molecule has 0 heterocycles. The van der Waals surface area contributed by atoms with E-state index in [-0.39, 0.29) is 0 Å². The zero-order valence-electron chi connectivity index (χ0n) is 9.32. The third kappa shape index (κ3) is 3.20. The average molecular weight is 247 g/mol. The van der Waals surface area contributed by atoms with Crippen LogP contribution in [0.1, 0.15) is 17.2 Å². The number of benzene rings is 1. The molecule has 17 heavy (non-hydrogen) atoms. The summed E-state index contributed by atoms with van der Waals surface area (Å²) in [6.07, 6.45) is -4.41. The van der Waals surface area contributed by atoms with Crippen molar-refractivity contribution >= 4 is 5.97 Å². The maximum absolute atomic E-state index is 12.3. The van der Waals surface area contributed by atoms with Crippen molar-refractivity contribution in [1.29, 1.82) is 0 Å². The maximum atomic E-state index is 12.3. The van der Waals surface area contributed by atoms with Gasteiger partial charge < -0.3 is 5.11 Å². The Balaban J connectivity index is 3.05. The van der Waals surface area contributed by atoms with Crippen LogP contribution in [0.2, 0.25) is 0 Å². The summed E-state index contributed by atoms with van der Waals surface area (Å²) in [7, 11) is 3.10. The molecule has 0 aromatic heterocycles. The Morgan fingerprint density at radius 2 is 1.71 bits per heavy atom. The number of nitrogens with zero attached hydrogens (tertiary/aromatic N) is 1. The highest BCUT2D eigenvalue weighted by molar-refractivity contribution is 5.75. The van der Waals surface area contributed by atoms with Gasteiger partial charge in [0.2, 0.25) is 0 Å². The van der Waals surface area contributed by atoms with Gasteiger partial charge in [-0.3, -0.25) is 9.69 Å². The van der Waals surface area contributed by atoms with Crippen molar-refractivity contribution in [2.24, 2.45) is 0 Å². The van der Waals surface area contributed by atoms with E-state index in [1.807, 2.05) is 0 Å². The first-order valence-electron chi connectivity index (χ1n) is 4.80. The molecule has 0 amide bonds. The first-order valence-corrected chi connectivity index (χ1v) is 4.80. The third-order valence-corrected chi connectivity index (χ3v) is 2.30. The Morgan fingerprint density at radius 1 is 1.24 bits per heavy atom. The van der Waals surface area contributed by atoms with E-state index < -0.39 is 23.8 Å². The monoisotopic (exact) mass is 247 g/mol. The van der Waals surface area contributed by atoms with Crippen LogP contribution in [0.4, 0.5) is 13.2 Å². The van der Waals surface area contributed by atoms with Crippen LogP contribution >= 0.6 is 0 Å². The number of hydrogen-bond donors (Lipinski definition) is 1. The minimum Gasteiger partial charge on any atom is -0.480 e. The number of likely N-dealkylation sites (N-methyl/N-ethyl adjacent to an activating group) is 1. The molecule has 0 aliphatic rings. The van der Waals surface area contributed by atoms with Crippen molar-refractivity contribution in [1.82, 2.24) is 4.90 Å². The topological polar surface area (TPSA) is 40.5 Å². The van der Waals surface area contributed by atoms with E-state index in [0.29, 0.717) is 5.56 Å². The molecule has 0 spiro atoms. The summed E-state index contributed by atoms with van der Waals surface area (Å²) in [5, 5.41) is 8.96. The van der Waals surface area contributed by atoms with Gasteiger partial charge in [-0.15, -0.1) is 0 Å². The van der Waals surface area contributed by atoms with Crippen LogP contribution < -0.4 is 0 Å². The zero-order valence-corrected chi connectivity index (χ0v) is 9.32. The second-order valence-corrected chi connectivity index (χ2v) is 3.82. The van der Waals surface area contributed by atoms with Gasteiger partial charge in [0.15, 0.2) is 0 Å². The molecule has 1 rings (SSSR count). The number of aliphatic carboxylic acids is 1. The first kappa shape index (κ1) is 13.5. The number of carboxylic acids is 1. The summed E-state index contributed by atoms with van der Waals surface area (Å²) in [5.41, 5.74) is -0.473. The lowest BCUT2D eigenvalue weighted by molar-refractivity contribution is -0.142. The maximum Gasteiger partial charge on any atom is 0.416 e. The highest BCUT2D eigenvalue weighted by Gasteiger charge is 2.31. The van der Waals surface area contributed by atoms with Gasteiger partial charge in [-0.25, -0.2) is 0 Å². The fourth-order valence-electron chi connectivity index (χ4n) is 1.52. The standard InChI is InChI=1S/C11H12F3NO2/c1-15(2)9(10(16)17)7-3-5-8(6-4-7)11(12,13)14/h3-6,9H,1-2H3,(H,16,17)/t9-/m0/s1. The normalized spacial score (nSPS) is 13.8. The molecule has 1 atom stereocenters. The quantitative estimate of drug-likeness (QED) is 0.891. The predicted octanol–water partition coefficient (Wildman–Crippen LogP) is 2.39. The second-order valence-electron chi connectivity index (χ2n) is 3.82. The Bertz CT molecular complexity index is 398. The number of carboxylic acid groups (broad SMARTS) is 1. The van der Waals surface area contributed by atoms with Crippen LogP contribution in [-0.4, -0.2) is 30.1 Å². The molecule has 0 unspecified atom stereocenters. The third-order valence-electron chi connectivity index (χ3n) is 2.30. The molecule has 94 valence electrons. The van der Waals surface area contributed by atoms with Gasteiger partial charge in [0, 0.05) is 0 Å². The van der Waals surface area contributed by atoms with E-state index in [1.165, 1.54) is 17.0 Å². The molecule has 0 saturated heterocycles. The van der Waals surface area contributed by atoms with E-state index in [0.717, 1.165) is 12.1 Å². The molecular weight excluding hydrogens is 235 g/mol. The van der Waals surface area contributed by atoms with Gasteiger partial charge in [0.1, 0.15) is 6.04 Å². The summed E-state index contributed by atoms with van der Waals surface area (Å²) in [5.74, 6) is -1.10. The smallest absolute Gasteiger partial charge is 0.416 e. The molecule has 3 nitrogen and oxygen atoms in total. The Morgan fingerprint density at radius 3 is 2.00 bits per heavy atom. The SMILES string of the molecule is CN(C)[C@H](C(=O)O)c1ccc(C(F)(F)F)cc1. The molecule has 0 fully saturated rings. The molecule has 6 heteroatoms. The molecular formula is C11H12F3NO2. The predicted molar refractivity (Wildman–Crippen MR) is 55.5 cm³/mol. The van der Waals surface area contributed by atoms with Gasteiger partial charge in [-0.2, -0.15) is 13.2 Å². The fourth-order valence-corrected chi connectivity index (χ4v) is 1.52. The van der Waals surface area contributed by atoms with Crippen LogP contribution in [0.3, 0.4) is 0 Å². The summed E-state index contributed by atoms with van der Waals surface area (Å²) >= 11 is 0. The zero-order chi connectivity index (χ0) is 13.2. The van der Waals surface area contributed by atoms with E-state index >= 15 is 0 Å². The number of alkyl halides is 3. The molecule has 0 aliphatic heterocycles. The highest BCUT2D eigenvalue weighted by atomic mass is 19.4. The van der Waals surface area contributed by atoms with Crippen molar-refractivity contribution in [3.63, 3.8) is 0 Å². The molecule has 0 aliphatic carbocycles. The summed E-state index contributed by atoms with van der Waals surface area (Å²) in [6, 6.07) is 3.18. The lowest BCUT2D eigenvalue weighted by atomic mass is 10.0. The number of rotatable bonds is 3. The lowest BCUT2D eigenvalue weighted by Crippen LogP contribution is -2.27. The van der Waals surface area contributed by atoms with Gasteiger partial charge >= 0.3 is 12.1 Å². The molecule has 1 aromatic rings. The summed E-state index contributed by atoms with van der Waals surface area (Å²) in [4.78, 5) is 12.4. The molecule has 0 saturated carbocycles. The largest absolute Gasteiger partial charge is 0.480 e. The number of hydrogen-bond acceptors (Lipinski definition) is 2. The van der Waals surface area contributed by atoms with Crippen molar-refractivity contribution in [3.05, 3.63) is 35.4 Å². The number of carbonyl (C=O) groups is 1. The van der Waals surface area contributed by atoms with E-state index in [4.69, 9.17) is 5.11 Å². The molecule has 0 bridgehead atoms. The summed E-state index contributed by atoms with van der Waals surface area (Å²) < 4.78 is 36.9. The van der Waals surface area contributed by atoms with Gasteiger partial charge in [-0.05, 0) is 31.8 Å². The Labute approximate surface area is 96.5 Å². The van der Waals surface area contributed by atoms with Crippen LogP contribution in [0, 0.1) is 0 Å². The summed E-state index contributed by atoms with van der Waals surface area (Å²) in [6.45, 7) is 0. The van der Waals surface area contributed by atoms with E-state index in [2.05, 4.69) is 0 Å². The van der Waals surface area contributed by atoms with Crippen molar-refractivity contribution in [2.45, 2.75) is 12.2 Å². The minimum absolute atomic E-state index is 0.315. The van der Waals surface area contributed by atoms with Gasteiger partial charge in [0.25, 0.3) is 0 Å².